The molecule has 6 nitrogen and oxygen atoms in total. The highest BCUT2D eigenvalue weighted by atomic mass is 35.5. The maximum atomic E-state index is 12.7. The predicted molar refractivity (Wildman–Crippen MR) is 92.7 cm³/mol. The van der Waals surface area contributed by atoms with Crippen LogP contribution in [0.25, 0.3) is 0 Å². The Hall–Kier alpha value is -1.96. The lowest BCUT2D eigenvalue weighted by molar-refractivity contribution is -0.384. The number of aryl methyl sites for hydroxylation is 2. The third-order valence-electron chi connectivity index (χ3n) is 3.71. The fourth-order valence-electron chi connectivity index (χ4n) is 2.32. The van der Waals surface area contributed by atoms with Crippen molar-refractivity contribution in [2.45, 2.75) is 25.3 Å². The zero-order chi connectivity index (χ0) is 18.1. The zero-order valence-corrected chi connectivity index (χ0v) is 15.1. The summed E-state index contributed by atoms with van der Waals surface area (Å²) in [6.07, 6.45) is 0. The van der Waals surface area contributed by atoms with Crippen molar-refractivity contribution >= 4 is 27.3 Å². The van der Waals surface area contributed by atoms with Crippen molar-refractivity contribution in [1.29, 1.82) is 0 Å². The number of halogens is 1. The Labute approximate surface area is 145 Å². The third-order valence-corrected chi connectivity index (χ3v) is 5.83. The first kappa shape index (κ1) is 18.4. The fourth-order valence-corrected chi connectivity index (χ4v) is 3.68. The van der Waals surface area contributed by atoms with E-state index in [1.165, 1.54) is 19.2 Å². The summed E-state index contributed by atoms with van der Waals surface area (Å²) in [5.74, 6) is 0. The first-order valence-electron chi connectivity index (χ1n) is 7.09. The molecule has 24 heavy (non-hydrogen) atoms. The molecule has 2 rings (SSSR count). The lowest BCUT2D eigenvalue weighted by Crippen LogP contribution is -2.27. The summed E-state index contributed by atoms with van der Waals surface area (Å²) < 4.78 is 26.5. The SMILES string of the molecule is Cc1ccc(CN(C)S(=O)(=O)c2ccc(Cl)c([N+](=O)[O-])c2)c(C)c1. The van der Waals surface area contributed by atoms with Gasteiger partial charge >= 0.3 is 0 Å². The monoisotopic (exact) mass is 368 g/mol. The van der Waals surface area contributed by atoms with E-state index in [2.05, 4.69) is 0 Å². The van der Waals surface area contributed by atoms with Gasteiger partial charge in [0.05, 0.1) is 9.82 Å². The molecule has 128 valence electrons. The molecule has 2 aromatic rings. The lowest BCUT2D eigenvalue weighted by atomic mass is 10.1. The molecule has 0 heterocycles. The van der Waals surface area contributed by atoms with Crippen molar-refractivity contribution < 1.29 is 13.3 Å². The summed E-state index contributed by atoms with van der Waals surface area (Å²) in [5, 5.41) is 10.9. The number of nitro benzene ring substituents is 1. The molecule has 8 heteroatoms. The maximum Gasteiger partial charge on any atom is 0.289 e. The Morgan fingerprint density at radius 2 is 1.83 bits per heavy atom. The van der Waals surface area contributed by atoms with E-state index in [4.69, 9.17) is 11.6 Å². The molecule has 0 fully saturated rings. The topological polar surface area (TPSA) is 80.5 Å². The van der Waals surface area contributed by atoms with E-state index < -0.39 is 20.6 Å². The Balaban J connectivity index is 2.36. The van der Waals surface area contributed by atoms with Crippen LogP contribution in [0.5, 0.6) is 0 Å². The molecular weight excluding hydrogens is 352 g/mol. The molecule has 0 saturated carbocycles. The van der Waals surface area contributed by atoms with Gasteiger partial charge in [0.15, 0.2) is 0 Å². The number of hydrogen-bond acceptors (Lipinski definition) is 4. The Morgan fingerprint density at radius 1 is 1.17 bits per heavy atom. The Bertz CT molecular complexity index is 897. The summed E-state index contributed by atoms with van der Waals surface area (Å²) in [6, 6.07) is 9.23. The second kappa shape index (κ2) is 6.88. The fraction of sp³-hybridized carbons (Fsp3) is 0.250. The van der Waals surface area contributed by atoms with E-state index in [-0.39, 0.29) is 16.5 Å². The quantitative estimate of drug-likeness (QED) is 0.595. The number of hydrogen-bond donors (Lipinski definition) is 0. The zero-order valence-electron chi connectivity index (χ0n) is 13.5. The number of benzene rings is 2. The Kier molecular flexibility index (Phi) is 5.27. The molecule has 0 aromatic heterocycles. The van der Waals surface area contributed by atoms with Gasteiger partial charge in [-0.1, -0.05) is 35.4 Å². The average molecular weight is 369 g/mol. The Morgan fingerprint density at radius 3 is 2.42 bits per heavy atom. The standard InChI is InChI=1S/C16H17ClN2O4S/c1-11-4-5-13(12(2)8-11)10-18(3)24(22,23)14-6-7-15(17)16(9-14)19(20)21/h4-9H,10H2,1-3H3. The van der Waals surface area contributed by atoms with Crippen molar-refractivity contribution in [2.75, 3.05) is 7.05 Å². The number of nitrogens with zero attached hydrogens (tertiary/aromatic N) is 2. The summed E-state index contributed by atoms with van der Waals surface area (Å²) in [4.78, 5) is 10.1. The van der Waals surface area contributed by atoms with Crippen molar-refractivity contribution in [2.24, 2.45) is 0 Å². The van der Waals surface area contributed by atoms with Crippen LogP contribution in [0.1, 0.15) is 16.7 Å². The van der Waals surface area contributed by atoms with Gasteiger partial charge in [0.2, 0.25) is 10.0 Å². The molecule has 0 bridgehead atoms. The molecule has 0 spiro atoms. The van der Waals surface area contributed by atoms with E-state index in [1.807, 2.05) is 32.0 Å². The van der Waals surface area contributed by atoms with Crippen molar-refractivity contribution in [3.8, 4) is 0 Å². The van der Waals surface area contributed by atoms with Crippen LogP contribution in [0.15, 0.2) is 41.3 Å². The van der Waals surface area contributed by atoms with Gasteiger partial charge in [-0.15, -0.1) is 0 Å². The number of sulfonamides is 1. The summed E-state index contributed by atoms with van der Waals surface area (Å²) in [6.45, 7) is 4.05. The van der Waals surface area contributed by atoms with Crippen LogP contribution < -0.4 is 0 Å². The van der Waals surface area contributed by atoms with Gasteiger partial charge in [-0.2, -0.15) is 4.31 Å². The maximum absolute atomic E-state index is 12.7. The molecule has 0 radical (unpaired) electrons. The second-order valence-electron chi connectivity index (χ2n) is 5.56. The van der Waals surface area contributed by atoms with Crippen LogP contribution >= 0.6 is 11.6 Å². The average Bonchev–Trinajstić information content (AvgIpc) is 2.49. The van der Waals surface area contributed by atoms with E-state index in [1.54, 1.807) is 0 Å². The highest BCUT2D eigenvalue weighted by molar-refractivity contribution is 7.89. The van der Waals surface area contributed by atoms with Crippen LogP contribution in [0, 0.1) is 24.0 Å². The minimum Gasteiger partial charge on any atom is -0.258 e. The van der Waals surface area contributed by atoms with Gasteiger partial charge in [-0.25, -0.2) is 8.42 Å². The van der Waals surface area contributed by atoms with Crippen LogP contribution in [0.3, 0.4) is 0 Å². The molecule has 0 unspecified atom stereocenters. The van der Waals surface area contributed by atoms with E-state index in [0.717, 1.165) is 27.1 Å². The van der Waals surface area contributed by atoms with Crippen LogP contribution in [-0.2, 0) is 16.6 Å². The number of rotatable bonds is 5. The third kappa shape index (κ3) is 3.75. The van der Waals surface area contributed by atoms with E-state index in [9.17, 15) is 18.5 Å². The van der Waals surface area contributed by atoms with Gasteiger partial charge in [-0.05, 0) is 37.1 Å². The first-order valence-corrected chi connectivity index (χ1v) is 8.91. The lowest BCUT2D eigenvalue weighted by Gasteiger charge is -2.18. The minimum absolute atomic E-state index is 0.101. The molecule has 2 aromatic carbocycles. The summed E-state index contributed by atoms with van der Waals surface area (Å²) >= 11 is 5.74. The predicted octanol–water partition coefficient (Wildman–Crippen LogP) is 3.69. The molecule has 0 atom stereocenters. The molecule has 0 aliphatic heterocycles. The highest BCUT2D eigenvalue weighted by Crippen LogP contribution is 2.28. The van der Waals surface area contributed by atoms with Gasteiger partial charge in [0.25, 0.3) is 5.69 Å². The molecular formula is C16H17ClN2O4S. The second-order valence-corrected chi connectivity index (χ2v) is 8.01. The number of nitro groups is 1. The minimum atomic E-state index is -3.87. The van der Waals surface area contributed by atoms with Gasteiger partial charge in [0, 0.05) is 19.7 Å². The van der Waals surface area contributed by atoms with Crippen molar-refractivity contribution in [3.63, 3.8) is 0 Å². The highest BCUT2D eigenvalue weighted by Gasteiger charge is 2.25. The van der Waals surface area contributed by atoms with Crippen LogP contribution in [0.4, 0.5) is 5.69 Å². The first-order chi connectivity index (χ1) is 11.1. The van der Waals surface area contributed by atoms with Gasteiger partial charge in [0.1, 0.15) is 5.02 Å². The molecule has 0 N–H and O–H groups in total. The van der Waals surface area contributed by atoms with Crippen LogP contribution in [0.2, 0.25) is 5.02 Å². The largest absolute Gasteiger partial charge is 0.289 e. The van der Waals surface area contributed by atoms with Crippen LogP contribution in [-0.4, -0.2) is 24.7 Å². The molecule has 0 amide bonds. The van der Waals surface area contributed by atoms with Crippen molar-refractivity contribution in [1.82, 2.24) is 4.31 Å². The van der Waals surface area contributed by atoms with E-state index >= 15 is 0 Å². The van der Waals surface area contributed by atoms with Crippen molar-refractivity contribution in [3.05, 3.63) is 68.2 Å². The molecule has 0 aliphatic rings. The summed E-state index contributed by atoms with van der Waals surface area (Å²) in [7, 11) is -2.43. The van der Waals surface area contributed by atoms with E-state index in [0.29, 0.717) is 0 Å². The van der Waals surface area contributed by atoms with Gasteiger partial charge < -0.3 is 0 Å². The molecule has 0 aliphatic carbocycles. The summed E-state index contributed by atoms with van der Waals surface area (Å²) in [5.41, 5.74) is 2.52. The molecule has 0 saturated heterocycles. The smallest absolute Gasteiger partial charge is 0.258 e. The van der Waals surface area contributed by atoms with Gasteiger partial charge in [-0.3, -0.25) is 10.1 Å². The normalized spacial score (nSPS) is 11.7.